The minimum atomic E-state index is -2.82. The molecule has 0 bridgehead atoms. The van der Waals surface area contributed by atoms with Crippen LogP contribution in [0.2, 0.25) is 0 Å². The van der Waals surface area contributed by atoms with Crippen LogP contribution in [0.3, 0.4) is 0 Å². The average Bonchev–Trinajstić information content (AvgIpc) is 3.55. The maximum atomic E-state index is 13.8. The predicted octanol–water partition coefficient (Wildman–Crippen LogP) is 3.07. The van der Waals surface area contributed by atoms with Crippen molar-refractivity contribution in [1.82, 2.24) is 24.8 Å². The molecule has 202 valence electrons. The second-order valence-electron chi connectivity index (χ2n) is 9.58. The van der Waals surface area contributed by atoms with Crippen LogP contribution in [0.25, 0.3) is 22.3 Å². The van der Waals surface area contributed by atoms with Crippen molar-refractivity contribution in [3.63, 3.8) is 0 Å². The van der Waals surface area contributed by atoms with Crippen molar-refractivity contribution in [2.24, 2.45) is 5.92 Å². The maximum Gasteiger partial charge on any atom is 0.320 e. The number of ether oxygens (including phenoxy) is 2. The number of hydrogen-bond acceptors (Lipinski definition) is 7. The van der Waals surface area contributed by atoms with Crippen LogP contribution in [0.4, 0.5) is 14.5 Å². The molecule has 1 unspecified atom stereocenters. The van der Waals surface area contributed by atoms with Crippen LogP contribution < -0.4 is 19.7 Å². The lowest BCUT2D eigenvalue weighted by molar-refractivity contribution is -0.129. The summed E-state index contributed by atoms with van der Waals surface area (Å²) in [7, 11) is 1.59. The minimum Gasteiger partial charge on any atom is -0.495 e. The van der Waals surface area contributed by atoms with Gasteiger partial charge in [-0.1, -0.05) is 6.07 Å². The molecule has 0 spiro atoms. The molecular formula is C26H30F2N6O4. The Bertz CT molecular complexity index is 1360. The molecule has 0 saturated carbocycles. The number of benzene rings is 1. The van der Waals surface area contributed by atoms with Crippen molar-refractivity contribution in [2.75, 3.05) is 44.7 Å². The van der Waals surface area contributed by atoms with Gasteiger partial charge in [0.15, 0.2) is 0 Å². The number of carbonyl (C=O) groups is 2. The number of rotatable bonds is 7. The van der Waals surface area contributed by atoms with Gasteiger partial charge in [-0.15, -0.1) is 0 Å². The van der Waals surface area contributed by atoms with Gasteiger partial charge in [-0.25, -0.2) is 9.97 Å². The van der Waals surface area contributed by atoms with Crippen molar-refractivity contribution in [1.29, 1.82) is 0 Å². The zero-order valence-corrected chi connectivity index (χ0v) is 21.5. The molecule has 2 fully saturated rings. The van der Waals surface area contributed by atoms with Crippen LogP contribution in [0.5, 0.6) is 11.6 Å². The number of halogens is 2. The normalized spacial score (nSPS) is 18.7. The maximum absolute atomic E-state index is 13.8. The van der Waals surface area contributed by atoms with E-state index in [1.807, 2.05) is 23.1 Å². The number of anilines is 1. The SMILES string of the molecule is COc1cc(-c2cc3ncn(C(F)F)c3c(O[C@H](C)C3CNC(=O)C3)n2)ccc1N1CCN(C(C)=O)CC1. The molecule has 12 heteroatoms. The van der Waals surface area contributed by atoms with Crippen LogP contribution >= 0.6 is 0 Å². The number of nitrogens with zero attached hydrogens (tertiary/aromatic N) is 5. The summed E-state index contributed by atoms with van der Waals surface area (Å²) in [6.07, 6.45) is 0.937. The number of methoxy groups -OCH3 is 1. The number of amides is 2. The molecule has 4 heterocycles. The monoisotopic (exact) mass is 528 g/mol. The van der Waals surface area contributed by atoms with Gasteiger partial charge in [0.05, 0.1) is 24.0 Å². The van der Waals surface area contributed by atoms with Crippen molar-refractivity contribution >= 4 is 28.5 Å². The highest BCUT2D eigenvalue weighted by Crippen LogP contribution is 2.37. The van der Waals surface area contributed by atoms with Crippen molar-refractivity contribution in [3.05, 3.63) is 30.6 Å². The third-order valence-corrected chi connectivity index (χ3v) is 7.24. The largest absolute Gasteiger partial charge is 0.495 e. The van der Waals surface area contributed by atoms with Gasteiger partial charge in [-0.2, -0.15) is 8.78 Å². The molecular weight excluding hydrogens is 498 g/mol. The van der Waals surface area contributed by atoms with E-state index in [0.717, 1.165) is 16.6 Å². The smallest absolute Gasteiger partial charge is 0.320 e. The zero-order chi connectivity index (χ0) is 27.0. The summed E-state index contributed by atoms with van der Waals surface area (Å²) in [5.41, 5.74) is 2.51. The Hall–Kier alpha value is -3.96. The Morgan fingerprint density at radius 2 is 1.95 bits per heavy atom. The fourth-order valence-electron chi connectivity index (χ4n) is 5.00. The minimum absolute atomic E-state index is 0.0329. The van der Waals surface area contributed by atoms with E-state index in [-0.39, 0.29) is 29.1 Å². The third-order valence-electron chi connectivity index (χ3n) is 7.24. The third kappa shape index (κ3) is 4.94. The molecule has 10 nitrogen and oxygen atoms in total. The molecule has 1 N–H and O–H groups in total. The summed E-state index contributed by atoms with van der Waals surface area (Å²) < 4.78 is 40.0. The lowest BCUT2D eigenvalue weighted by Crippen LogP contribution is -2.48. The van der Waals surface area contributed by atoms with Crippen LogP contribution in [-0.2, 0) is 9.59 Å². The second-order valence-corrected chi connectivity index (χ2v) is 9.58. The zero-order valence-electron chi connectivity index (χ0n) is 21.5. The van der Waals surface area contributed by atoms with Gasteiger partial charge in [0.1, 0.15) is 23.7 Å². The summed E-state index contributed by atoms with van der Waals surface area (Å²) >= 11 is 0. The molecule has 2 amide bonds. The van der Waals surface area contributed by atoms with Crippen LogP contribution in [0.1, 0.15) is 26.8 Å². The standard InChI is InChI=1S/C26H30F2N6O4/c1-15(18-11-23(36)29-13-18)38-25-24-20(30-14-34(24)26(27)28)12-19(31-25)17-4-5-21(22(10-17)37-3)33-8-6-32(7-9-33)16(2)35/h4-5,10,12,14-15,18,26H,6-9,11,13H2,1-3H3,(H,29,36)/t15-,18?/m1/s1. The van der Waals surface area contributed by atoms with Gasteiger partial charge in [-0.3, -0.25) is 14.2 Å². The molecule has 3 aromatic rings. The summed E-state index contributed by atoms with van der Waals surface area (Å²) in [6.45, 7) is 3.63. The molecule has 2 aliphatic heterocycles. The van der Waals surface area contributed by atoms with E-state index in [1.54, 1.807) is 27.0 Å². The van der Waals surface area contributed by atoms with Gasteiger partial charge >= 0.3 is 6.55 Å². The van der Waals surface area contributed by atoms with Crippen molar-refractivity contribution in [3.8, 4) is 22.9 Å². The van der Waals surface area contributed by atoms with Gasteiger partial charge < -0.3 is 24.6 Å². The number of aromatic nitrogens is 3. The van der Waals surface area contributed by atoms with Crippen molar-refractivity contribution < 1.29 is 27.8 Å². The quantitative estimate of drug-likeness (QED) is 0.503. The summed E-state index contributed by atoms with van der Waals surface area (Å²) in [4.78, 5) is 36.2. The number of fused-ring (bicyclic) bond motifs is 1. The molecule has 1 aromatic carbocycles. The number of imidazole rings is 1. The summed E-state index contributed by atoms with van der Waals surface area (Å²) in [5.74, 6) is 0.556. The van der Waals surface area contributed by atoms with E-state index in [4.69, 9.17) is 9.47 Å². The number of carbonyl (C=O) groups excluding carboxylic acids is 2. The summed E-state index contributed by atoms with van der Waals surface area (Å²) in [5, 5.41) is 2.77. The van der Waals surface area contributed by atoms with E-state index in [1.165, 1.54) is 0 Å². The molecule has 38 heavy (non-hydrogen) atoms. The van der Waals surface area contributed by atoms with Gasteiger partial charge in [0.25, 0.3) is 0 Å². The van der Waals surface area contributed by atoms with Crippen LogP contribution in [0, 0.1) is 5.92 Å². The van der Waals surface area contributed by atoms with E-state index in [0.29, 0.717) is 61.7 Å². The van der Waals surface area contributed by atoms with E-state index in [2.05, 4.69) is 20.2 Å². The number of nitrogens with one attached hydrogen (secondary N) is 1. The first-order valence-corrected chi connectivity index (χ1v) is 12.5. The highest BCUT2D eigenvalue weighted by atomic mass is 19.3. The fourth-order valence-corrected chi connectivity index (χ4v) is 5.00. The van der Waals surface area contributed by atoms with E-state index < -0.39 is 12.7 Å². The van der Waals surface area contributed by atoms with Crippen LogP contribution in [-0.4, -0.2) is 77.2 Å². The molecule has 5 rings (SSSR count). The Labute approximate surface area is 218 Å². The number of pyridine rings is 1. The lowest BCUT2D eigenvalue weighted by Gasteiger charge is -2.36. The molecule has 2 aliphatic rings. The van der Waals surface area contributed by atoms with E-state index >= 15 is 0 Å². The molecule has 0 radical (unpaired) electrons. The van der Waals surface area contributed by atoms with Crippen LogP contribution in [0.15, 0.2) is 30.6 Å². The molecule has 2 saturated heterocycles. The number of piperazine rings is 1. The lowest BCUT2D eigenvalue weighted by atomic mass is 10.0. The topological polar surface area (TPSA) is 102 Å². The first-order chi connectivity index (χ1) is 18.2. The van der Waals surface area contributed by atoms with Gasteiger partial charge in [0, 0.05) is 57.5 Å². The Balaban J connectivity index is 1.48. The number of hydrogen-bond donors (Lipinski definition) is 1. The Morgan fingerprint density at radius 3 is 2.58 bits per heavy atom. The second kappa shape index (κ2) is 10.4. The number of alkyl halides is 2. The molecule has 2 aromatic heterocycles. The summed E-state index contributed by atoms with van der Waals surface area (Å²) in [6, 6.07) is 7.31. The highest BCUT2D eigenvalue weighted by Gasteiger charge is 2.30. The highest BCUT2D eigenvalue weighted by molar-refractivity contribution is 5.85. The fraction of sp³-hybridized carbons (Fsp3) is 0.462. The predicted molar refractivity (Wildman–Crippen MR) is 136 cm³/mol. The first kappa shape index (κ1) is 25.7. The van der Waals surface area contributed by atoms with E-state index in [9.17, 15) is 18.4 Å². The first-order valence-electron chi connectivity index (χ1n) is 12.5. The Kier molecular flexibility index (Phi) is 7.04. The van der Waals surface area contributed by atoms with Gasteiger partial charge in [0.2, 0.25) is 17.7 Å². The van der Waals surface area contributed by atoms with Crippen molar-refractivity contribution in [2.45, 2.75) is 32.9 Å². The Morgan fingerprint density at radius 1 is 1.18 bits per heavy atom. The average molecular weight is 529 g/mol. The molecule has 0 aliphatic carbocycles. The molecule has 2 atom stereocenters. The van der Waals surface area contributed by atoms with Gasteiger partial charge in [-0.05, 0) is 25.1 Å².